The second kappa shape index (κ2) is 5.92. The lowest BCUT2D eigenvalue weighted by Gasteiger charge is -2.37. The first-order valence-corrected chi connectivity index (χ1v) is 7.34. The van der Waals surface area contributed by atoms with Gasteiger partial charge in [0, 0.05) is 26.2 Å². The maximum absolute atomic E-state index is 6.24. The van der Waals surface area contributed by atoms with Gasteiger partial charge in [-0.25, -0.2) is 4.99 Å². The van der Waals surface area contributed by atoms with Crippen LogP contribution in [0, 0.1) is 0 Å². The van der Waals surface area contributed by atoms with Crippen molar-refractivity contribution in [3.63, 3.8) is 0 Å². The molecule has 20 heavy (non-hydrogen) atoms. The third-order valence-electron chi connectivity index (χ3n) is 3.25. The van der Waals surface area contributed by atoms with E-state index in [-0.39, 0.29) is 5.54 Å². The van der Waals surface area contributed by atoms with Crippen LogP contribution in [0.4, 0.5) is 5.69 Å². The summed E-state index contributed by atoms with van der Waals surface area (Å²) in [5.41, 5.74) is 7.04. The maximum Gasteiger partial charge on any atom is 0.191 e. The van der Waals surface area contributed by atoms with Crippen LogP contribution in [-0.2, 0) is 0 Å². The van der Waals surface area contributed by atoms with Crippen molar-refractivity contribution in [1.29, 1.82) is 0 Å². The van der Waals surface area contributed by atoms with Crippen LogP contribution in [-0.4, -0.2) is 42.6 Å². The molecule has 0 bridgehead atoms. The molecule has 0 amide bonds. The van der Waals surface area contributed by atoms with Gasteiger partial charge in [0.25, 0.3) is 0 Å². The van der Waals surface area contributed by atoms with Crippen molar-refractivity contribution in [2.24, 2.45) is 10.7 Å². The van der Waals surface area contributed by atoms with Crippen molar-refractivity contribution in [3.05, 3.63) is 29.3 Å². The van der Waals surface area contributed by atoms with Crippen LogP contribution in [0.1, 0.15) is 20.8 Å². The first kappa shape index (κ1) is 15.0. The Morgan fingerprint density at radius 1 is 1.15 bits per heavy atom. The molecule has 0 unspecified atom stereocenters. The fourth-order valence-electron chi connectivity index (χ4n) is 2.30. The van der Waals surface area contributed by atoms with E-state index in [1.165, 1.54) is 0 Å². The number of nitrogens with zero attached hydrogens (tertiary/aromatic N) is 3. The van der Waals surface area contributed by atoms with Crippen molar-refractivity contribution in [2.75, 3.05) is 31.1 Å². The van der Waals surface area contributed by atoms with Gasteiger partial charge in [-0.2, -0.15) is 0 Å². The topological polar surface area (TPSA) is 44.9 Å². The van der Waals surface area contributed by atoms with E-state index in [0.717, 1.165) is 36.9 Å². The summed E-state index contributed by atoms with van der Waals surface area (Å²) in [6, 6.07) is 7.96. The van der Waals surface area contributed by atoms with Gasteiger partial charge in [0.2, 0.25) is 0 Å². The molecule has 0 spiro atoms. The first-order valence-electron chi connectivity index (χ1n) is 6.96. The third kappa shape index (κ3) is 3.79. The molecule has 1 fully saturated rings. The SMILES string of the molecule is CC(C)(C)N=C(N)N1CCN(c2ccccc2Cl)CC1. The maximum atomic E-state index is 6.24. The van der Waals surface area contributed by atoms with Gasteiger partial charge in [-0.15, -0.1) is 0 Å². The highest BCUT2D eigenvalue weighted by Crippen LogP contribution is 2.26. The summed E-state index contributed by atoms with van der Waals surface area (Å²) in [5.74, 6) is 0.635. The standard InChI is InChI=1S/C15H23ClN4/c1-15(2,3)18-14(17)20-10-8-19(9-11-20)13-7-5-4-6-12(13)16/h4-7H,8-11H2,1-3H3,(H2,17,18). The van der Waals surface area contributed by atoms with E-state index >= 15 is 0 Å². The summed E-state index contributed by atoms with van der Waals surface area (Å²) in [4.78, 5) is 8.96. The van der Waals surface area contributed by atoms with E-state index in [9.17, 15) is 0 Å². The first-order chi connectivity index (χ1) is 9.37. The quantitative estimate of drug-likeness (QED) is 0.639. The summed E-state index contributed by atoms with van der Waals surface area (Å²) in [6.07, 6.45) is 0. The Kier molecular flexibility index (Phi) is 4.43. The molecule has 1 aliphatic rings. The van der Waals surface area contributed by atoms with Gasteiger partial charge in [-0.3, -0.25) is 0 Å². The Labute approximate surface area is 126 Å². The molecule has 2 rings (SSSR count). The molecule has 110 valence electrons. The lowest BCUT2D eigenvalue weighted by Crippen LogP contribution is -2.51. The Hall–Kier alpha value is -1.42. The number of aliphatic imine (C=N–C) groups is 1. The number of halogens is 1. The zero-order valence-corrected chi connectivity index (χ0v) is 13.2. The average molecular weight is 295 g/mol. The normalized spacial score (nSPS) is 17.5. The number of guanidine groups is 1. The Morgan fingerprint density at radius 2 is 1.75 bits per heavy atom. The third-order valence-corrected chi connectivity index (χ3v) is 3.57. The molecule has 0 atom stereocenters. The molecule has 0 saturated carbocycles. The number of hydrogen-bond donors (Lipinski definition) is 1. The molecule has 1 aromatic rings. The van der Waals surface area contributed by atoms with Crippen LogP contribution in [0.3, 0.4) is 0 Å². The van der Waals surface area contributed by atoms with Crippen molar-refractivity contribution in [3.8, 4) is 0 Å². The van der Waals surface area contributed by atoms with Crippen LogP contribution in [0.25, 0.3) is 0 Å². The number of benzene rings is 1. The smallest absolute Gasteiger partial charge is 0.191 e. The molecule has 2 N–H and O–H groups in total. The van der Waals surface area contributed by atoms with Crippen molar-refractivity contribution < 1.29 is 0 Å². The van der Waals surface area contributed by atoms with Crippen LogP contribution >= 0.6 is 11.6 Å². The summed E-state index contributed by atoms with van der Waals surface area (Å²) < 4.78 is 0. The van der Waals surface area contributed by atoms with Gasteiger partial charge in [0.1, 0.15) is 0 Å². The predicted octanol–water partition coefficient (Wildman–Crippen LogP) is 2.58. The van der Waals surface area contributed by atoms with E-state index < -0.39 is 0 Å². The highest BCUT2D eigenvalue weighted by atomic mass is 35.5. The fourth-order valence-corrected chi connectivity index (χ4v) is 2.55. The minimum absolute atomic E-state index is 0.135. The van der Waals surface area contributed by atoms with Gasteiger partial charge in [-0.05, 0) is 32.9 Å². The number of piperazine rings is 1. The molecule has 1 saturated heterocycles. The zero-order chi connectivity index (χ0) is 14.8. The van der Waals surface area contributed by atoms with Gasteiger partial charge >= 0.3 is 0 Å². The Balaban J connectivity index is 2.00. The summed E-state index contributed by atoms with van der Waals surface area (Å²) >= 11 is 6.24. The van der Waals surface area contributed by atoms with E-state index in [0.29, 0.717) is 5.96 Å². The second-order valence-corrected chi connectivity index (χ2v) is 6.47. The van der Waals surface area contributed by atoms with Gasteiger partial charge < -0.3 is 15.5 Å². The van der Waals surface area contributed by atoms with E-state index in [4.69, 9.17) is 17.3 Å². The summed E-state index contributed by atoms with van der Waals surface area (Å²) in [6.45, 7) is 9.72. The zero-order valence-electron chi connectivity index (χ0n) is 12.4. The summed E-state index contributed by atoms with van der Waals surface area (Å²) in [5, 5.41) is 0.803. The number of hydrogen-bond acceptors (Lipinski definition) is 2. The van der Waals surface area contributed by atoms with Gasteiger partial charge in [-0.1, -0.05) is 23.7 Å². The Morgan fingerprint density at radius 3 is 2.30 bits per heavy atom. The molecule has 1 heterocycles. The molecule has 4 nitrogen and oxygen atoms in total. The molecule has 1 aliphatic heterocycles. The van der Waals surface area contributed by atoms with Crippen molar-refractivity contribution in [1.82, 2.24) is 4.90 Å². The number of nitrogens with two attached hydrogens (primary N) is 1. The highest BCUT2D eigenvalue weighted by molar-refractivity contribution is 6.33. The number of para-hydroxylation sites is 1. The van der Waals surface area contributed by atoms with E-state index in [1.54, 1.807) is 0 Å². The van der Waals surface area contributed by atoms with E-state index in [1.807, 2.05) is 18.2 Å². The van der Waals surface area contributed by atoms with Crippen molar-refractivity contribution in [2.45, 2.75) is 26.3 Å². The average Bonchev–Trinajstić information content (AvgIpc) is 2.37. The minimum Gasteiger partial charge on any atom is -0.370 e. The molecule has 1 aromatic carbocycles. The van der Waals surface area contributed by atoms with Crippen LogP contribution in [0.15, 0.2) is 29.3 Å². The monoisotopic (exact) mass is 294 g/mol. The molecular weight excluding hydrogens is 272 g/mol. The predicted molar refractivity (Wildman–Crippen MR) is 86.6 cm³/mol. The van der Waals surface area contributed by atoms with Crippen molar-refractivity contribution >= 4 is 23.2 Å². The Bertz CT molecular complexity index is 485. The van der Waals surface area contributed by atoms with E-state index in [2.05, 4.69) is 41.6 Å². The van der Waals surface area contributed by atoms with Crippen LogP contribution in [0.2, 0.25) is 5.02 Å². The van der Waals surface area contributed by atoms with Crippen LogP contribution in [0.5, 0.6) is 0 Å². The van der Waals surface area contributed by atoms with Gasteiger partial charge in [0.05, 0.1) is 16.2 Å². The minimum atomic E-state index is -0.135. The van der Waals surface area contributed by atoms with Gasteiger partial charge in [0.15, 0.2) is 5.96 Å². The molecule has 5 heteroatoms. The number of rotatable bonds is 1. The molecular formula is C15H23ClN4. The fraction of sp³-hybridized carbons (Fsp3) is 0.533. The summed E-state index contributed by atoms with van der Waals surface area (Å²) in [7, 11) is 0. The number of anilines is 1. The molecule has 0 radical (unpaired) electrons. The van der Waals surface area contributed by atoms with Crippen LogP contribution < -0.4 is 10.6 Å². The largest absolute Gasteiger partial charge is 0.370 e. The highest BCUT2D eigenvalue weighted by Gasteiger charge is 2.21. The molecule has 0 aliphatic carbocycles. The lowest BCUT2D eigenvalue weighted by atomic mass is 10.1. The molecule has 0 aromatic heterocycles. The second-order valence-electron chi connectivity index (χ2n) is 6.07. The lowest BCUT2D eigenvalue weighted by molar-refractivity contribution is 0.375.